The summed E-state index contributed by atoms with van der Waals surface area (Å²) in [6, 6.07) is 18.6. The number of piperazine rings is 1. The molecule has 3 heterocycles. The molecule has 0 bridgehead atoms. The second-order valence-corrected chi connectivity index (χ2v) is 9.95. The molecule has 194 valence electrons. The Balaban J connectivity index is 1.21. The van der Waals surface area contributed by atoms with Crippen LogP contribution in [0.2, 0.25) is 5.02 Å². The van der Waals surface area contributed by atoms with Crippen LogP contribution in [0.3, 0.4) is 0 Å². The van der Waals surface area contributed by atoms with E-state index < -0.39 is 11.8 Å². The van der Waals surface area contributed by atoms with Gasteiger partial charge in [-0.1, -0.05) is 23.7 Å². The highest BCUT2D eigenvalue weighted by molar-refractivity contribution is 9.10. The summed E-state index contributed by atoms with van der Waals surface area (Å²) in [4.78, 5) is 34.5. The monoisotopic (exact) mass is 593 g/mol. The maximum absolute atomic E-state index is 13.0. The number of halogens is 2. The van der Waals surface area contributed by atoms with E-state index in [1.165, 1.54) is 10.4 Å². The van der Waals surface area contributed by atoms with Crippen molar-refractivity contribution in [2.45, 2.75) is 0 Å². The Hall–Kier alpha value is -3.89. The van der Waals surface area contributed by atoms with E-state index in [-0.39, 0.29) is 5.69 Å². The third kappa shape index (κ3) is 5.51. The molecule has 1 aliphatic rings. The number of anilines is 4. The van der Waals surface area contributed by atoms with Crippen molar-refractivity contribution < 1.29 is 9.59 Å². The number of aryl methyl sites for hydroxylation is 1. The van der Waals surface area contributed by atoms with Crippen molar-refractivity contribution in [3.05, 3.63) is 93.8 Å². The standard InChI is InChI=1S/C27H25BrClN7O2/c1-34-25(32-26(37)21-4-2-3-5-22(21)29)23(28)24(33-34)27(38)31-18-6-8-19(9-7-18)35-14-16-36(17-15-35)20-10-12-30-13-11-20/h2-13H,14-17H2,1H3,(H,31,38)(H,32,37). The summed E-state index contributed by atoms with van der Waals surface area (Å²) in [6.45, 7) is 3.65. The number of carbonyl (C=O) groups is 2. The molecule has 2 aromatic carbocycles. The highest BCUT2D eigenvalue weighted by Gasteiger charge is 2.23. The van der Waals surface area contributed by atoms with E-state index in [9.17, 15) is 9.59 Å². The fourth-order valence-corrected chi connectivity index (χ4v) is 5.16. The van der Waals surface area contributed by atoms with Gasteiger partial charge in [0, 0.05) is 62.7 Å². The molecular formula is C27H25BrClN7O2. The molecule has 1 aliphatic heterocycles. The number of benzene rings is 2. The number of carbonyl (C=O) groups excluding carboxylic acids is 2. The zero-order valence-corrected chi connectivity index (χ0v) is 22.9. The molecule has 0 saturated carbocycles. The van der Waals surface area contributed by atoms with Gasteiger partial charge in [-0.15, -0.1) is 0 Å². The average molecular weight is 595 g/mol. The zero-order valence-electron chi connectivity index (χ0n) is 20.6. The van der Waals surface area contributed by atoms with E-state index in [0.29, 0.717) is 26.6 Å². The lowest BCUT2D eigenvalue weighted by Gasteiger charge is -2.37. The number of pyridine rings is 1. The van der Waals surface area contributed by atoms with Gasteiger partial charge in [-0.05, 0) is 64.5 Å². The Morgan fingerprint density at radius 2 is 1.45 bits per heavy atom. The number of rotatable bonds is 6. The van der Waals surface area contributed by atoms with Crippen LogP contribution in [0.15, 0.2) is 77.5 Å². The number of nitrogens with zero attached hydrogens (tertiary/aromatic N) is 5. The molecule has 9 nitrogen and oxygen atoms in total. The van der Waals surface area contributed by atoms with E-state index in [2.05, 4.69) is 46.4 Å². The summed E-state index contributed by atoms with van der Waals surface area (Å²) in [5.74, 6) is -0.450. The number of hydrogen-bond acceptors (Lipinski definition) is 6. The average Bonchev–Trinajstić information content (AvgIpc) is 3.23. The molecule has 38 heavy (non-hydrogen) atoms. The Morgan fingerprint density at radius 1 is 0.842 bits per heavy atom. The summed E-state index contributed by atoms with van der Waals surface area (Å²) >= 11 is 9.55. The van der Waals surface area contributed by atoms with Crippen molar-refractivity contribution in [2.75, 3.05) is 46.6 Å². The van der Waals surface area contributed by atoms with Gasteiger partial charge in [0.2, 0.25) is 0 Å². The quantitative estimate of drug-likeness (QED) is 0.324. The molecule has 4 aromatic rings. The molecule has 2 amide bonds. The normalized spacial score (nSPS) is 13.3. The van der Waals surface area contributed by atoms with Gasteiger partial charge in [-0.2, -0.15) is 5.10 Å². The van der Waals surface area contributed by atoms with Crippen LogP contribution >= 0.6 is 27.5 Å². The first-order valence-corrected chi connectivity index (χ1v) is 13.2. The molecular weight excluding hydrogens is 570 g/mol. The van der Waals surface area contributed by atoms with Crippen LogP contribution in [0.4, 0.5) is 22.9 Å². The Kier molecular flexibility index (Phi) is 7.62. The van der Waals surface area contributed by atoms with Gasteiger partial charge < -0.3 is 20.4 Å². The second-order valence-electron chi connectivity index (χ2n) is 8.75. The first-order chi connectivity index (χ1) is 18.4. The van der Waals surface area contributed by atoms with Gasteiger partial charge in [-0.25, -0.2) is 0 Å². The Morgan fingerprint density at radius 3 is 2.08 bits per heavy atom. The van der Waals surface area contributed by atoms with Gasteiger partial charge >= 0.3 is 0 Å². The summed E-state index contributed by atoms with van der Waals surface area (Å²) in [5, 5.41) is 10.3. The van der Waals surface area contributed by atoms with Crippen LogP contribution in [-0.2, 0) is 7.05 Å². The predicted octanol–water partition coefficient (Wildman–Crippen LogP) is 5.06. The van der Waals surface area contributed by atoms with E-state index in [1.807, 2.05) is 48.8 Å². The number of amides is 2. The van der Waals surface area contributed by atoms with Crippen molar-refractivity contribution in [2.24, 2.45) is 7.05 Å². The first kappa shape index (κ1) is 25.7. The maximum atomic E-state index is 13.0. The highest BCUT2D eigenvalue weighted by Crippen LogP contribution is 2.28. The van der Waals surface area contributed by atoms with Gasteiger partial charge in [0.05, 0.1) is 15.1 Å². The largest absolute Gasteiger partial charge is 0.368 e. The third-order valence-corrected chi connectivity index (χ3v) is 7.43. The summed E-state index contributed by atoms with van der Waals surface area (Å²) < 4.78 is 1.81. The first-order valence-electron chi connectivity index (χ1n) is 12.0. The molecule has 0 atom stereocenters. The number of hydrogen-bond donors (Lipinski definition) is 2. The van der Waals surface area contributed by atoms with E-state index >= 15 is 0 Å². The minimum Gasteiger partial charge on any atom is -0.368 e. The minimum absolute atomic E-state index is 0.151. The lowest BCUT2D eigenvalue weighted by atomic mass is 10.2. The van der Waals surface area contributed by atoms with Gasteiger partial charge in [0.15, 0.2) is 5.69 Å². The van der Waals surface area contributed by atoms with Crippen LogP contribution in [0.1, 0.15) is 20.8 Å². The molecule has 5 rings (SSSR count). The van der Waals surface area contributed by atoms with Crippen molar-refractivity contribution in [3.63, 3.8) is 0 Å². The topological polar surface area (TPSA) is 95.4 Å². The SMILES string of the molecule is Cn1nc(C(=O)Nc2ccc(N3CCN(c4ccncc4)CC3)cc2)c(Br)c1NC(=O)c1ccccc1Cl. The van der Waals surface area contributed by atoms with Crippen LogP contribution in [0, 0.1) is 0 Å². The summed E-state index contributed by atoms with van der Waals surface area (Å²) in [7, 11) is 1.65. The third-order valence-electron chi connectivity index (χ3n) is 6.35. The molecule has 0 radical (unpaired) electrons. The van der Waals surface area contributed by atoms with Crippen molar-refractivity contribution in [1.29, 1.82) is 0 Å². The van der Waals surface area contributed by atoms with Crippen LogP contribution in [0.25, 0.3) is 0 Å². The van der Waals surface area contributed by atoms with Crippen molar-refractivity contribution in [3.8, 4) is 0 Å². The smallest absolute Gasteiger partial charge is 0.277 e. The maximum Gasteiger partial charge on any atom is 0.277 e. The lowest BCUT2D eigenvalue weighted by molar-refractivity contribution is 0.101. The highest BCUT2D eigenvalue weighted by atomic mass is 79.9. The van der Waals surface area contributed by atoms with Crippen molar-refractivity contribution in [1.82, 2.24) is 14.8 Å². The van der Waals surface area contributed by atoms with Gasteiger partial charge in [-0.3, -0.25) is 19.3 Å². The molecule has 2 aromatic heterocycles. The van der Waals surface area contributed by atoms with Crippen LogP contribution < -0.4 is 20.4 Å². The number of nitrogens with one attached hydrogen (secondary N) is 2. The van der Waals surface area contributed by atoms with Crippen molar-refractivity contribution >= 4 is 62.2 Å². The molecule has 11 heteroatoms. The molecule has 0 unspecified atom stereocenters. The fourth-order valence-electron chi connectivity index (χ4n) is 4.32. The fraction of sp³-hybridized carbons (Fsp3) is 0.185. The van der Waals surface area contributed by atoms with Crippen LogP contribution in [-0.4, -0.2) is 52.8 Å². The molecule has 2 N–H and O–H groups in total. The van der Waals surface area contributed by atoms with Gasteiger partial charge in [0.1, 0.15) is 5.82 Å². The Bertz CT molecular complexity index is 1450. The van der Waals surface area contributed by atoms with E-state index in [1.54, 1.807) is 31.3 Å². The lowest BCUT2D eigenvalue weighted by Crippen LogP contribution is -2.46. The molecule has 0 aliphatic carbocycles. The second kappa shape index (κ2) is 11.2. The predicted molar refractivity (Wildman–Crippen MR) is 153 cm³/mol. The van der Waals surface area contributed by atoms with Gasteiger partial charge in [0.25, 0.3) is 11.8 Å². The summed E-state index contributed by atoms with van der Waals surface area (Å²) in [6.07, 6.45) is 3.63. The molecule has 0 spiro atoms. The van der Waals surface area contributed by atoms with E-state index in [0.717, 1.165) is 31.9 Å². The zero-order chi connectivity index (χ0) is 26.6. The van der Waals surface area contributed by atoms with E-state index in [4.69, 9.17) is 11.6 Å². The Labute approximate surface area is 233 Å². The number of aromatic nitrogens is 3. The summed E-state index contributed by atoms with van der Waals surface area (Å²) in [5.41, 5.74) is 3.41. The van der Waals surface area contributed by atoms with Crippen LogP contribution in [0.5, 0.6) is 0 Å². The minimum atomic E-state index is -0.400. The molecule has 1 fully saturated rings. The molecule has 1 saturated heterocycles.